The van der Waals surface area contributed by atoms with Gasteiger partial charge in [0.1, 0.15) is 0 Å². The molecule has 0 atom stereocenters. The molecule has 0 bridgehead atoms. The lowest BCUT2D eigenvalue weighted by molar-refractivity contribution is -0.148. The molecular weight excluding hydrogens is 412 g/mol. The molecule has 0 fully saturated rings. The van der Waals surface area contributed by atoms with Crippen LogP contribution < -0.4 is 0 Å². The summed E-state index contributed by atoms with van der Waals surface area (Å²) in [5.74, 6) is 0. The predicted molar refractivity (Wildman–Crippen MR) is 141 cm³/mol. The van der Waals surface area contributed by atoms with Crippen molar-refractivity contribution in [2.45, 2.75) is 149 Å². The maximum atomic E-state index is 6.02. The Morgan fingerprint density at radius 1 is 0.545 bits per heavy atom. The Kier molecular flexibility index (Phi) is 28.9. The van der Waals surface area contributed by atoms with Gasteiger partial charge in [-0.05, 0) is 51.0 Å². The van der Waals surface area contributed by atoms with E-state index in [1.807, 2.05) is 0 Å². The summed E-state index contributed by atoms with van der Waals surface area (Å²) in [4.78, 5) is 0. The smallest absolute Gasteiger partial charge is 0.188 e. The first-order chi connectivity index (χ1) is 16.3. The van der Waals surface area contributed by atoms with E-state index in [1.165, 1.54) is 89.9 Å². The van der Waals surface area contributed by atoms with Gasteiger partial charge in [-0.1, -0.05) is 97.8 Å². The van der Waals surface area contributed by atoms with Crippen LogP contribution in [0, 0.1) is 0 Å². The minimum absolute atomic E-state index is 0.0201. The van der Waals surface area contributed by atoms with E-state index in [4.69, 9.17) is 18.9 Å². The molecule has 0 aliphatic rings. The molecular formula is C29H58O4. The third-order valence-corrected chi connectivity index (χ3v) is 5.90. The Morgan fingerprint density at radius 3 is 1.67 bits per heavy atom. The van der Waals surface area contributed by atoms with Gasteiger partial charge in [-0.25, -0.2) is 0 Å². The monoisotopic (exact) mass is 470 g/mol. The first-order valence-corrected chi connectivity index (χ1v) is 14.4. The van der Waals surface area contributed by atoms with Crippen LogP contribution >= 0.6 is 0 Å². The summed E-state index contributed by atoms with van der Waals surface area (Å²) in [6, 6.07) is 0. The molecule has 0 aromatic rings. The van der Waals surface area contributed by atoms with Crippen molar-refractivity contribution >= 4 is 0 Å². The van der Waals surface area contributed by atoms with Crippen molar-refractivity contribution in [3.05, 3.63) is 12.3 Å². The maximum Gasteiger partial charge on any atom is 0.188 e. The van der Waals surface area contributed by atoms with Crippen LogP contribution in [-0.2, 0) is 18.9 Å². The number of hydrogen-bond acceptors (Lipinski definition) is 4. The highest BCUT2D eigenvalue weighted by Gasteiger charge is 2.09. The molecule has 4 heteroatoms. The summed E-state index contributed by atoms with van der Waals surface area (Å²) >= 11 is 0. The van der Waals surface area contributed by atoms with E-state index < -0.39 is 0 Å². The highest BCUT2D eigenvalue weighted by Crippen LogP contribution is 2.14. The van der Waals surface area contributed by atoms with Crippen molar-refractivity contribution in [2.24, 2.45) is 0 Å². The number of unbranched alkanes of at least 4 members (excludes halogenated alkanes) is 14. The molecule has 0 aliphatic heterocycles. The second-order valence-electron chi connectivity index (χ2n) is 9.26. The molecule has 0 amide bonds. The molecule has 0 aliphatic carbocycles. The molecule has 0 N–H and O–H groups in total. The fourth-order valence-corrected chi connectivity index (χ4v) is 3.69. The predicted octanol–water partition coefficient (Wildman–Crippen LogP) is 9.32. The van der Waals surface area contributed by atoms with Crippen LogP contribution in [0.5, 0.6) is 0 Å². The first-order valence-electron chi connectivity index (χ1n) is 14.4. The molecule has 0 rings (SSSR count). The van der Waals surface area contributed by atoms with E-state index in [1.54, 1.807) is 6.26 Å². The molecule has 33 heavy (non-hydrogen) atoms. The van der Waals surface area contributed by atoms with Gasteiger partial charge in [0.15, 0.2) is 13.1 Å². The highest BCUT2D eigenvalue weighted by molar-refractivity contribution is 4.72. The summed E-state index contributed by atoms with van der Waals surface area (Å²) in [6.45, 7) is 9.52. The molecule has 0 unspecified atom stereocenters. The van der Waals surface area contributed by atoms with Gasteiger partial charge in [0.25, 0.3) is 0 Å². The average molecular weight is 471 g/mol. The maximum absolute atomic E-state index is 6.02. The van der Waals surface area contributed by atoms with Crippen molar-refractivity contribution in [3.8, 4) is 0 Å². The fraction of sp³-hybridized carbons (Fsp3) is 0.931. The lowest BCUT2D eigenvalue weighted by Gasteiger charge is -2.18. The third kappa shape index (κ3) is 27.5. The van der Waals surface area contributed by atoms with Crippen LogP contribution in [0.1, 0.15) is 143 Å². The fourth-order valence-electron chi connectivity index (χ4n) is 3.69. The molecule has 0 saturated carbocycles. The Labute approximate surface area is 207 Å². The number of allylic oxidation sites excluding steroid dienone is 1. The van der Waals surface area contributed by atoms with Crippen LogP contribution in [-0.4, -0.2) is 32.9 Å². The normalized spacial score (nSPS) is 11.8. The van der Waals surface area contributed by atoms with E-state index in [-0.39, 0.29) is 6.29 Å². The highest BCUT2D eigenvalue weighted by atomic mass is 16.7. The Balaban J connectivity index is 3.48. The van der Waals surface area contributed by atoms with Gasteiger partial charge < -0.3 is 18.9 Å². The van der Waals surface area contributed by atoms with E-state index in [0.717, 1.165) is 51.9 Å². The van der Waals surface area contributed by atoms with Crippen molar-refractivity contribution in [1.82, 2.24) is 0 Å². The zero-order valence-corrected chi connectivity index (χ0v) is 22.6. The van der Waals surface area contributed by atoms with Gasteiger partial charge in [-0.2, -0.15) is 0 Å². The molecule has 0 saturated heterocycles. The largest absolute Gasteiger partial charge is 0.475 e. The minimum Gasteiger partial charge on any atom is -0.475 e. The summed E-state index contributed by atoms with van der Waals surface area (Å²) < 4.78 is 22.7. The first kappa shape index (κ1) is 32.4. The van der Waals surface area contributed by atoms with E-state index in [2.05, 4.69) is 26.8 Å². The molecule has 0 aromatic carbocycles. The van der Waals surface area contributed by atoms with E-state index >= 15 is 0 Å². The summed E-state index contributed by atoms with van der Waals surface area (Å²) in [7, 11) is 0. The molecule has 0 aromatic heterocycles. The quantitative estimate of drug-likeness (QED) is 0.0648. The Morgan fingerprint density at radius 2 is 1.09 bits per heavy atom. The summed E-state index contributed by atoms with van der Waals surface area (Å²) in [6.07, 6.45) is 27.6. The van der Waals surface area contributed by atoms with Crippen LogP contribution in [0.15, 0.2) is 12.3 Å². The van der Waals surface area contributed by atoms with E-state index in [9.17, 15) is 0 Å². The molecule has 198 valence electrons. The van der Waals surface area contributed by atoms with E-state index in [0.29, 0.717) is 6.79 Å². The average Bonchev–Trinajstić information content (AvgIpc) is 2.83. The van der Waals surface area contributed by atoms with Crippen LogP contribution in [0.3, 0.4) is 0 Å². The number of hydrogen-bond donors (Lipinski definition) is 0. The Bertz CT molecular complexity index is 361. The SMILES string of the molecule is CCCCCOC(CCCCCCCCCCCC=COCOCCCC)OCCCCC. The standard InChI is InChI=1S/C29H58O4/c1-4-7-20-26-32-29(33-27-21-8-5-2)23-19-17-15-13-11-10-12-14-16-18-22-25-31-28-30-24-9-6-3/h22,25,29H,4-21,23-24,26-28H2,1-3H3. The molecule has 0 heterocycles. The van der Waals surface area contributed by atoms with Crippen LogP contribution in [0.4, 0.5) is 0 Å². The van der Waals surface area contributed by atoms with Gasteiger partial charge in [0, 0.05) is 13.2 Å². The number of rotatable bonds is 28. The van der Waals surface area contributed by atoms with Crippen molar-refractivity contribution in [3.63, 3.8) is 0 Å². The lowest BCUT2D eigenvalue weighted by Crippen LogP contribution is -2.19. The van der Waals surface area contributed by atoms with Gasteiger partial charge in [0.05, 0.1) is 12.9 Å². The van der Waals surface area contributed by atoms with Gasteiger partial charge in [0.2, 0.25) is 0 Å². The number of ether oxygens (including phenoxy) is 4. The zero-order valence-electron chi connectivity index (χ0n) is 22.6. The van der Waals surface area contributed by atoms with Gasteiger partial charge >= 0.3 is 0 Å². The van der Waals surface area contributed by atoms with Crippen molar-refractivity contribution in [1.29, 1.82) is 0 Å². The third-order valence-electron chi connectivity index (χ3n) is 5.90. The summed E-state index contributed by atoms with van der Waals surface area (Å²) in [5.41, 5.74) is 0. The van der Waals surface area contributed by atoms with Crippen LogP contribution in [0.25, 0.3) is 0 Å². The van der Waals surface area contributed by atoms with Crippen LogP contribution in [0.2, 0.25) is 0 Å². The second-order valence-corrected chi connectivity index (χ2v) is 9.26. The lowest BCUT2D eigenvalue weighted by atomic mass is 10.1. The second kappa shape index (κ2) is 29.5. The zero-order chi connectivity index (χ0) is 24.1. The van der Waals surface area contributed by atoms with Crippen molar-refractivity contribution < 1.29 is 18.9 Å². The molecule has 0 spiro atoms. The van der Waals surface area contributed by atoms with Gasteiger partial charge in [-0.3, -0.25) is 0 Å². The summed E-state index contributed by atoms with van der Waals surface area (Å²) in [5, 5.41) is 0. The molecule has 4 nitrogen and oxygen atoms in total. The van der Waals surface area contributed by atoms with Crippen molar-refractivity contribution in [2.75, 3.05) is 26.6 Å². The Hall–Kier alpha value is -0.580. The van der Waals surface area contributed by atoms with Gasteiger partial charge in [-0.15, -0.1) is 0 Å². The topological polar surface area (TPSA) is 36.9 Å². The molecule has 0 radical (unpaired) electrons. The minimum atomic E-state index is 0.0201.